The second-order valence-electron chi connectivity index (χ2n) is 8.43. The molecule has 30 heavy (non-hydrogen) atoms. The molecule has 4 atom stereocenters. The van der Waals surface area contributed by atoms with Gasteiger partial charge in [0.2, 0.25) is 11.8 Å². The molecule has 0 bridgehead atoms. The first kappa shape index (κ1) is 18.9. The van der Waals surface area contributed by atoms with E-state index >= 15 is 0 Å². The summed E-state index contributed by atoms with van der Waals surface area (Å²) in [6.07, 6.45) is 3.96. The summed E-state index contributed by atoms with van der Waals surface area (Å²) >= 11 is 0. The zero-order valence-corrected chi connectivity index (χ0v) is 16.7. The molecule has 2 heterocycles. The van der Waals surface area contributed by atoms with Gasteiger partial charge in [-0.05, 0) is 43.9 Å². The molecule has 0 radical (unpaired) electrons. The lowest BCUT2D eigenvalue weighted by atomic mass is 9.60. The second kappa shape index (κ2) is 6.47. The zero-order valence-electron chi connectivity index (χ0n) is 16.7. The quantitative estimate of drug-likeness (QED) is 0.456. The molecule has 1 N–H and O–H groups in total. The number of amides is 2. The van der Waals surface area contributed by atoms with E-state index in [9.17, 15) is 24.3 Å². The molecule has 2 amide bonds. The van der Waals surface area contributed by atoms with Crippen LogP contribution in [0.4, 0.5) is 0 Å². The van der Waals surface area contributed by atoms with E-state index in [1.165, 1.54) is 18.0 Å². The van der Waals surface area contributed by atoms with E-state index in [-0.39, 0.29) is 42.3 Å². The van der Waals surface area contributed by atoms with Crippen molar-refractivity contribution in [2.75, 3.05) is 7.05 Å². The fourth-order valence-corrected chi connectivity index (χ4v) is 5.48. The second-order valence-corrected chi connectivity index (χ2v) is 8.43. The van der Waals surface area contributed by atoms with E-state index in [0.717, 1.165) is 5.57 Å². The van der Waals surface area contributed by atoms with Crippen LogP contribution in [0, 0.1) is 17.8 Å². The van der Waals surface area contributed by atoms with Crippen molar-refractivity contribution in [2.45, 2.75) is 32.3 Å². The van der Waals surface area contributed by atoms with Gasteiger partial charge in [0.1, 0.15) is 18.1 Å². The maximum Gasteiger partial charge on any atom is 0.233 e. The summed E-state index contributed by atoms with van der Waals surface area (Å²) < 4.78 is 5.80. The number of furan rings is 1. The van der Waals surface area contributed by atoms with Crippen molar-refractivity contribution >= 4 is 23.4 Å². The summed E-state index contributed by atoms with van der Waals surface area (Å²) in [7, 11) is 1.50. The first-order valence-electron chi connectivity index (χ1n) is 10.0. The van der Waals surface area contributed by atoms with Gasteiger partial charge in [0.15, 0.2) is 11.6 Å². The topological polar surface area (TPSA) is 105 Å². The van der Waals surface area contributed by atoms with Crippen molar-refractivity contribution in [3.05, 3.63) is 58.1 Å². The highest BCUT2D eigenvalue weighted by Crippen LogP contribution is 2.55. The molecule has 1 aromatic rings. The molecule has 0 spiro atoms. The molecule has 7 nitrogen and oxygen atoms in total. The first-order chi connectivity index (χ1) is 14.3. The van der Waals surface area contributed by atoms with E-state index in [1.807, 2.05) is 6.08 Å². The van der Waals surface area contributed by atoms with Crippen molar-refractivity contribution in [1.29, 1.82) is 0 Å². The highest BCUT2D eigenvalue weighted by atomic mass is 16.4. The minimum absolute atomic E-state index is 0.195. The Morgan fingerprint density at radius 1 is 1.13 bits per heavy atom. The lowest BCUT2D eigenvalue weighted by molar-refractivity contribution is -0.138. The van der Waals surface area contributed by atoms with Crippen LogP contribution in [-0.4, -0.2) is 40.4 Å². The van der Waals surface area contributed by atoms with E-state index in [2.05, 4.69) is 0 Å². The highest BCUT2D eigenvalue weighted by Gasteiger charge is 2.55. The van der Waals surface area contributed by atoms with Gasteiger partial charge in [-0.3, -0.25) is 24.1 Å². The predicted molar refractivity (Wildman–Crippen MR) is 104 cm³/mol. The number of nitrogens with zero attached hydrogens (tertiary/aromatic N) is 1. The number of imide groups is 1. The number of rotatable bonds is 2. The predicted octanol–water partition coefficient (Wildman–Crippen LogP) is 1.83. The molecule has 0 saturated carbocycles. The van der Waals surface area contributed by atoms with E-state index < -0.39 is 17.8 Å². The van der Waals surface area contributed by atoms with Crippen LogP contribution in [0.2, 0.25) is 0 Å². The summed E-state index contributed by atoms with van der Waals surface area (Å²) in [5, 5.41) is 9.43. The summed E-state index contributed by atoms with van der Waals surface area (Å²) in [5.74, 6) is -1.97. The standard InChI is InChI=1S/C23H21NO6/c1-10-7-16(26)15-8-14-12(4-5-13-18(14)23(29)24(2)22(13)28)19(20(15)21(10)27)17-6-3-11(9-25)30-17/h3-4,6-7,13-14,18-19,25H,5,8-9H2,1-2H3/t13-,14+,18-,19+/m0/s1. The first-order valence-corrected chi connectivity index (χ1v) is 10.0. The van der Waals surface area contributed by atoms with Crippen molar-refractivity contribution in [3.63, 3.8) is 0 Å². The molecule has 1 saturated heterocycles. The average molecular weight is 407 g/mol. The lowest BCUT2D eigenvalue weighted by Gasteiger charge is -2.41. The Morgan fingerprint density at radius 2 is 1.90 bits per heavy atom. The Hall–Kier alpha value is -3.06. The van der Waals surface area contributed by atoms with E-state index in [1.54, 1.807) is 19.1 Å². The number of hydrogen-bond acceptors (Lipinski definition) is 6. The number of ketones is 2. The third-order valence-electron chi connectivity index (χ3n) is 6.91. The van der Waals surface area contributed by atoms with Gasteiger partial charge in [0.05, 0.1) is 17.8 Å². The lowest BCUT2D eigenvalue weighted by Crippen LogP contribution is -2.39. The fraction of sp³-hybridized carbons (Fsp3) is 0.391. The maximum atomic E-state index is 13.1. The SMILES string of the molecule is CC1=CC(=O)C2=C(C1=O)[C@@H](c1ccc(CO)o1)C1=CC[C@@H]3C(=O)N(C)C(=O)[C@@H]3[C@@H]1C2. The number of aliphatic hydroxyl groups is 1. The van der Waals surface area contributed by atoms with Crippen molar-refractivity contribution in [1.82, 2.24) is 4.90 Å². The molecule has 154 valence electrons. The van der Waals surface area contributed by atoms with Crippen LogP contribution < -0.4 is 0 Å². The van der Waals surface area contributed by atoms with Gasteiger partial charge < -0.3 is 9.52 Å². The molecule has 7 heteroatoms. The Balaban J connectivity index is 1.70. The normalized spacial score (nSPS) is 30.8. The molecule has 5 rings (SSSR count). The maximum absolute atomic E-state index is 13.1. The van der Waals surface area contributed by atoms with Crippen LogP contribution in [0.1, 0.15) is 37.2 Å². The van der Waals surface area contributed by atoms with E-state index in [0.29, 0.717) is 34.7 Å². The van der Waals surface area contributed by atoms with Gasteiger partial charge in [-0.25, -0.2) is 0 Å². The van der Waals surface area contributed by atoms with Crippen LogP contribution in [0.25, 0.3) is 0 Å². The monoisotopic (exact) mass is 407 g/mol. The van der Waals surface area contributed by atoms with E-state index in [4.69, 9.17) is 4.42 Å². The third-order valence-corrected chi connectivity index (χ3v) is 6.91. The van der Waals surface area contributed by atoms with Crippen LogP contribution in [0.15, 0.2) is 51.0 Å². The number of carbonyl (C=O) groups is 4. The number of likely N-dealkylation sites (tertiary alicyclic amines) is 1. The number of fused-ring (bicyclic) bond motifs is 3. The minimum Gasteiger partial charge on any atom is -0.463 e. The summed E-state index contributed by atoms with van der Waals surface area (Å²) in [6.45, 7) is 1.34. The van der Waals surface area contributed by atoms with Crippen molar-refractivity contribution in [2.24, 2.45) is 17.8 Å². The summed E-state index contributed by atoms with van der Waals surface area (Å²) in [4.78, 5) is 52.6. The van der Waals surface area contributed by atoms with Gasteiger partial charge >= 0.3 is 0 Å². The van der Waals surface area contributed by atoms with Crippen molar-refractivity contribution < 1.29 is 28.7 Å². The van der Waals surface area contributed by atoms with Crippen molar-refractivity contribution in [3.8, 4) is 0 Å². The molecule has 1 fully saturated rings. The summed E-state index contributed by atoms with van der Waals surface area (Å²) in [6, 6.07) is 3.34. The molecule has 1 aromatic heterocycles. The van der Waals surface area contributed by atoms with Gasteiger partial charge in [0.25, 0.3) is 0 Å². The van der Waals surface area contributed by atoms with Gasteiger partial charge in [-0.2, -0.15) is 0 Å². The molecule has 0 aromatic carbocycles. The van der Waals surface area contributed by atoms with Gasteiger partial charge in [-0.15, -0.1) is 0 Å². The molecular weight excluding hydrogens is 386 g/mol. The largest absolute Gasteiger partial charge is 0.463 e. The number of aliphatic hydroxyl groups excluding tert-OH is 1. The minimum atomic E-state index is -0.603. The molecule has 0 unspecified atom stereocenters. The van der Waals surface area contributed by atoms with Crippen LogP contribution >= 0.6 is 0 Å². The summed E-state index contributed by atoms with van der Waals surface area (Å²) in [5.41, 5.74) is 2.01. The Bertz CT molecular complexity index is 1120. The zero-order chi connectivity index (χ0) is 21.3. The number of hydrogen-bond donors (Lipinski definition) is 1. The number of allylic oxidation sites excluding steroid dienone is 6. The van der Waals surface area contributed by atoms with Crippen LogP contribution in [0.5, 0.6) is 0 Å². The van der Waals surface area contributed by atoms with Crippen LogP contribution in [-0.2, 0) is 25.8 Å². The van der Waals surface area contributed by atoms with Gasteiger partial charge in [0, 0.05) is 23.8 Å². The molecule has 3 aliphatic carbocycles. The van der Waals surface area contributed by atoms with Crippen LogP contribution in [0.3, 0.4) is 0 Å². The number of Topliss-reactive ketones (excluding diaryl/α,β-unsaturated/α-hetero) is 1. The fourth-order valence-electron chi connectivity index (χ4n) is 5.48. The molecule has 1 aliphatic heterocycles. The Labute approximate surface area is 172 Å². The Morgan fingerprint density at radius 3 is 2.60 bits per heavy atom. The molecule has 4 aliphatic rings. The number of carbonyl (C=O) groups excluding carboxylic acids is 4. The average Bonchev–Trinajstić information content (AvgIpc) is 3.30. The van der Waals surface area contributed by atoms with Gasteiger partial charge in [-0.1, -0.05) is 11.6 Å². The third kappa shape index (κ3) is 2.41. The Kier molecular flexibility index (Phi) is 4.08. The molecular formula is C23H21NO6. The smallest absolute Gasteiger partial charge is 0.233 e. The highest BCUT2D eigenvalue weighted by molar-refractivity contribution is 6.23.